The fraction of sp³-hybridized carbons (Fsp3) is 0.474. The van der Waals surface area contributed by atoms with Crippen molar-refractivity contribution in [3.05, 3.63) is 41.6 Å². The number of alkyl halides is 3. The van der Waals surface area contributed by atoms with Gasteiger partial charge in [-0.25, -0.2) is 4.98 Å². The molecule has 1 aliphatic rings. The topological polar surface area (TPSA) is 47.0 Å². The van der Waals surface area contributed by atoms with Gasteiger partial charge in [0.1, 0.15) is 11.7 Å². The summed E-state index contributed by atoms with van der Waals surface area (Å²) in [6.07, 6.45) is -0.559. The standard InChI is InChI=1S/C19H22F3N3O/c1-12(2)14-9-5-6-10-16(14)24-18-23-11-15(19(20,21)22)17(25-18)26-13-7-3-4-8-13/h5-6,9-13H,3-4,7-8H2,1-2H3,(H,23,24,25). The third kappa shape index (κ3) is 4.26. The summed E-state index contributed by atoms with van der Waals surface area (Å²) in [6, 6.07) is 7.60. The van der Waals surface area contributed by atoms with Crippen LogP contribution >= 0.6 is 0 Å². The Morgan fingerprint density at radius 1 is 1.15 bits per heavy atom. The zero-order chi connectivity index (χ0) is 18.7. The van der Waals surface area contributed by atoms with Gasteiger partial charge in [-0.1, -0.05) is 32.0 Å². The second-order valence-corrected chi connectivity index (χ2v) is 6.80. The van der Waals surface area contributed by atoms with Crippen molar-refractivity contribution in [1.29, 1.82) is 0 Å². The molecule has 1 saturated carbocycles. The Bertz CT molecular complexity index is 756. The minimum absolute atomic E-state index is 0.0964. The predicted molar refractivity (Wildman–Crippen MR) is 93.7 cm³/mol. The number of rotatable bonds is 5. The van der Waals surface area contributed by atoms with Gasteiger partial charge in [0.2, 0.25) is 11.8 Å². The monoisotopic (exact) mass is 365 g/mol. The van der Waals surface area contributed by atoms with Gasteiger partial charge in [0.15, 0.2) is 0 Å². The van der Waals surface area contributed by atoms with E-state index in [2.05, 4.69) is 15.3 Å². The molecule has 1 aliphatic carbocycles. The maximum absolute atomic E-state index is 13.3. The Balaban J connectivity index is 1.91. The normalized spacial score (nSPS) is 15.5. The van der Waals surface area contributed by atoms with E-state index in [0.717, 1.165) is 43.1 Å². The molecule has 2 aromatic rings. The average Bonchev–Trinajstić information content (AvgIpc) is 3.07. The Labute approximate surface area is 150 Å². The number of hydrogen-bond acceptors (Lipinski definition) is 4. The third-order valence-corrected chi connectivity index (χ3v) is 4.47. The first kappa shape index (κ1) is 18.5. The van der Waals surface area contributed by atoms with Gasteiger partial charge in [-0.05, 0) is 43.2 Å². The molecule has 140 valence electrons. The number of aromatic nitrogens is 2. The molecule has 0 bridgehead atoms. The molecule has 1 heterocycles. The molecular weight excluding hydrogens is 343 g/mol. The molecule has 1 aromatic heterocycles. The maximum Gasteiger partial charge on any atom is 0.423 e. The van der Waals surface area contributed by atoms with Gasteiger partial charge in [0.05, 0.1) is 0 Å². The number of benzene rings is 1. The van der Waals surface area contributed by atoms with Gasteiger partial charge in [-0.15, -0.1) is 0 Å². The van der Waals surface area contributed by atoms with Crippen molar-refractivity contribution < 1.29 is 17.9 Å². The molecule has 1 N–H and O–H groups in total. The summed E-state index contributed by atoms with van der Waals surface area (Å²) in [7, 11) is 0. The quantitative estimate of drug-likeness (QED) is 0.740. The fourth-order valence-corrected chi connectivity index (χ4v) is 3.11. The van der Waals surface area contributed by atoms with Gasteiger partial charge < -0.3 is 10.1 Å². The van der Waals surface area contributed by atoms with Gasteiger partial charge in [-0.3, -0.25) is 0 Å². The van der Waals surface area contributed by atoms with Crippen LogP contribution in [0.2, 0.25) is 0 Å². The van der Waals surface area contributed by atoms with Crippen LogP contribution in [0.4, 0.5) is 24.8 Å². The molecule has 0 amide bonds. The first-order valence-corrected chi connectivity index (χ1v) is 8.81. The van der Waals surface area contributed by atoms with Gasteiger partial charge in [0.25, 0.3) is 0 Å². The highest BCUT2D eigenvalue weighted by atomic mass is 19.4. The molecule has 0 saturated heterocycles. The lowest BCUT2D eigenvalue weighted by molar-refractivity contribution is -0.139. The Kier molecular flexibility index (Phi) is 5.34. The summed E-state index contributed by atoms with van der Waals surface area (Å²) >= 11 is 0. The Morgan fingerprint density at radius 2 is 1.85 bits per heavy atom. The minimum atomic E-state index is -4.55. The van der Waals surface area contributed by atoms with E-state index in [1.807, 2.05) is 38.1 Å². The molecule has 4 nitrogen and oxygen atoms in total. The number of para-hydroxylation sites is 1. The van der Waals surface area contributed by atoms with E-state index in [1.165, 1.54) is 0 Å². The first-order valence-electron chi connectivity index (χ1n) is 8.81. The van der Waals surface area contributed by atoms with Crippen LogP contribution in [0.1, 0.15) is 56.6 Å². The highest BCUT2D eigenvalue weighted by Gasteiger charge is 2.37. The minimum Gasteiger partial charge on any atom is -0.474 e. The highest BCUT2D eigenvalue weighted by molar-refractivity contribution is 5.59. The molecule has 0 radical (unpaired) electrons. The number of halogens is 3. The van der Waals surface area contributed by atoms with E-state index in [4.69, 9.17) is 4.74 Å². The van der Waals surface area contributed by atoms with Crippen LogP contribution in [-0.2, 0) is 6.18 Å². The lowest BCUT2D eigenvalue weighted by atomic mass is 10.0. The lowest BCUT2D eigenvalue weighted by Crippen LogP contribution is -2.18. The van der Waals surface area contributed by atoms with Crippen molar-refractivity contribution in [2.45, 2.75) is 57.7 Å². The fourth-order valence-electron chi connectivity index (χ4n) is 3.11. The van der Waals surface area contributed by atoms with Crippen LogP contribution in [0.15, 0.2) is 30.5 Å². The van der Waals surface area contributed by atoms with Crippen LogP contribution in [0.5, 0.6) is 5.88 Å². The van der Waals surface area contributed by atoms with E-state index in [-0.39, 0.29) is 18.0 Å². The molecule has 0 spiro atoms. The average molecular weight is 365 g/mol. The molecule has 0 atom stereocenters. The molecule has 0 aliphatic heterocycles. The van der Waals surface area contributed by atoms with E-state index in [1.54, 1.807) is 0 Å². The molecule has 7 heteroatoms. The zero-order valence-corrected chi connectivity index (χ0v) is 14.8. The predicted octanol–water partition coefficient (Wildman–Crippen LogP) is 5.68. The summed E-state index contributed by atoms with van der Waals surface area (Å²) in [5.41, 5.74) is 0.871. The summed E-state index contributed by atoms with van der Waals surface area (Å²) in [4.78, 5) is 7.89. The largest absolute Gasteiger partial charge is 0.474 e. The van der Waals surface area contributed by atoms with Crippen LogP contribution in [0.3, 0.4) is 0 Å². The van der Waals surface area contributed by atoms with Crippen molar-refractivity contribution in [1.82, 2.24) is 9.97 Å². The molecule has 26 heavy (non-hydrogen) atoms. The van der Waals surface area contributed by atoms with Gasteiger partial charge >= 0.3 is 6.18 Å². The van der Waals surface area contributed by atoms with Crippen molar-refractivity contribution in [3.63, 3.8) is 0 Å². The van der Waals surface area contributed by atoms with Gasteiger partial charge in [-0.2, -0.15) is 18.2 Å². The van der Waals surface area contributed by atoms with E-state index >= 15 is 0 Å². The van der Waals surface area contributed by atoms with Crippen molar-refractivity contribution in [2.75, 3.05) is 5.32 Å². The van der Waals surface area contributed by atoms with E-state index in [0.29, 0.717) is 0 Å². The molecule has 3 rings (SSSR count). The SMILES string of the molecule is CC(C)c1ccccc1Nc1ncc(C(F)(F)F)c(OC2CCCC2)n1. The van der Waals surface area contributed by atoms with E-state index in [9.17, 15) is 13.2 Å². The zero-order valence-electron chi connectivity index (χ0n) is 14.8. The molecular formula is C19H22F3N3O. The van der Waals surface area contributed by atoms with Crippen LogP contribution < -0.4 is 10.1 Å². The number of hydrogen-bond donors (Lipinski definition) is 1. The smallest absolute Gasteiger partial charge is 0.423 e. The lowest BCUT2D eigenvalue weighted by Gasteiger charge is -2.18. The van der Waals surface area contributed by atoms with Gasteiger partial charge in [0, 0.05) is 11.9 Å². The van der Waals surface area contributed by atoms with Crippen LogP contribution in [-0.4, -0.2) is 16.1 Å². The number of anilines is 2. The Morgan fingerprint density at radius 3 is 2.50 bits per heavy atom. The molecule has 1 aromatic carbocycles. The second-order valence-electron chi connectivity index (χ2n) is 6.80. The summed E-state index contributed by atoms with van der Waals surface area (Å²) in [5, 5.41) is 3.03. The summed E-state index contributed by atoms with van der Waals surface area (Å²) in [6.45, 7) is 4.09. The van der Waals surface area contributed by atoms with Crippen molar-refractivity contribution >= 4 is 11.6 Å². The molecule has 1 fully saturated rings. The first-order chi connectivity index (χ1) is 12.3. The number of nitrogens with one attached hydrogen (secondary N) is 1. The number of ether oxygens (including phenoxy) is 1. The van der Waals surface area contributed by atoms with Crippen molar-refractivity contribution in [2.24, 2.45) is 0 Å². The maximum atomic E-state index is 13.3. The van der Waals surface area contributed by atoms with Crippen LogP contribution in [0, 0.1) is 0 Å². The van der Waals surface area contributed by atoms with Crippen molar-refractivity contribution in [3.8, 4) is 5.88 Å². The molecule has 0 unspecified atom stereocenters. The Hall–Kier alpha value is -2.31. The van der Waals surface area contributed by atoms with E-state index < -0.39 is 17.6 Å². The number of nitrogens with zero attached hydrogens (tertiary/aromatic N) is 2. The summed E-state index contributed by atoms with van der Waals surface area (Å²) < 4.78 is 45.4. The summed E-state index contributed by atoms with van der Waals surface area (Å²) in [5.74, 6) is -0.0506. The highest BCUT2D eigenvalue weighted by Crippen LogP contribution is 2.37. The van der Waals surface area contributed by atoms with Crippen LogP contribution in [0.25, 0.3) is 0 Å². The third-order valence-electron chi connectivity index (χ3n) is 4.47. The second kappa shape index (κ2) is 7.51.